The van der Waals surface area contributed by atoms with Gasteiger partial charge in [-0.15, -0.1) is 11.3 Å². The lowest BCUT2D eigenvalue weighted by molar-refractivity contribution is 0.603. The van der Waals surface area contributed by atoms with E-state index in [1.807, 2.05) is 6.07 Å². The first kappa shape index (κ1) is 14.5. The van der Waals surface area contributed by atoms with Crippen LogP contribution in [0.4, 0.5) is 5.69 Å². The SMILES string of the molecule is N#Cc1cc(Br)ccc1NS(=O)(=O)c1sccc1Br. The summed E-state index contributed by atoms with van der Waals surface area (Å²) in [6, 6.07) is 8.38. The highest BCUT2D eigenvalue weighted by Crippen LogP contribution is 2.30. The van der Waals surface area contributed by atoms with Crippen molar-refractivity contribution in [3.8, 4) is 6.07 Å². The summed E-state index contributed by atoms with van der Waals surface area (Å²) in [6.07, 6.45) is 0. The van der Waals surface area contributed by atoms with Crippen molar-refractivity contribution >= 4 is 58.9 Å². The van der Waals surface area contributed by atoms with E-state index in [1.54, 1.807) is 29.6 Å². The molecular weight excluding hydrogens is 416 g/mol. The van der Waals surface area contributed by atoms with Crippen molar-refractivity contribution in [1.29, 1.82) is 5.26 Å². The molecule has 2 aromatic rings. The van der Waals surface area contributed by atoms with Crippen LogP contribution in [0.15, 0.2) is 42.8 Å². The zero-order valence-corrected chi connectivity index (χ0v) is 14.0. The zero-order chi connectivity index (χ0) is 14.0. The largest absolute Gasteiger partial charge is 0.278 e. The summed E-state index contributed by atoms with van der Waals surface area (Å²) in [5.41, 5.74) is 0.511. The molecule has 19 heavy (non-hydrogen) atoms. The van der Waals surface area contributed by atoms with E-state index in [9.17, 15) is 8.42 Å². The number of halogens is 2. The molecule has 1 aromatic heterocycles. The Morgan fingerprint density at radius 2 is 2.00 bits per heavy atom. The van der Waals surface area contributed by atoms with Crippen molar-refractivity contribution in [2.45, 2.75) is 4.21 Å². The summed E-state index contributed by atoms with van der Waals surface area (Å²) in [5.74, 6) is 0. The molecule has 8 heteroatoms. The van der Waals surface area contributed by atoms with E-state index in [2.05, 4.69) is 36.6 Å². The fraction of sp³-hybridized carbons (Fsp3) is 0. The molecule has 0 radical (unpaired) electrons. The second-order valence-corrected chi connectivity index (χ2v) is 8.03. The molecule has 1 aromatic carbocycles. The smallest absolute Gasteiger partial charge is 0.272 e. The molecule has 4 nitrogen and oxygen atoms in total. The van der Waals surface area contributed by atoms with Crippen molar-refractivity contribution in [3.05, 3.63) is 44.2 Å². The molecule has 0 amide bonds. The van der Waals surface area contributed by atoms with E-state index >= 15 is 0 Å². The highest BCUT2D eigenvalue weighted by atomic mass is 79.9. The van der Waals surface area contributed by atoms with Gasteiger partial charge < -0.3 is 0 Å². The molecule has 98 valence electrons. The number of thiophene rings is 1. The molecule has 0 fully saturated rings. The molecule has 0 aliphatic heterocycles. The first-order valence-corrected chi connectivity index (χ1v) is 8.84. The van der Waals surface area contributed by atoms with Gasteiger partial charge >= 0.3 is 0 Å². The molecule has 0 aliphatic rings. The van der Waals surface area contributed by atoms with Crippen LogP contribution in [0.5, 0.6) is 0 Å². The standard InChI is InChI=1S/C11H6Br2N2O2S2/c12-8-1-2-10(7(5-8)6-14)15-19(16,17)11-9(13)3-4-18-11/h1-5,15H. The molecule has 0 saturated heterocycles. The Morgan fingerprint density at radius 1 is 1.26 bits per heavy atom. The van der Waals surface area contributed by atoms with Gasteiger partial charge in [0.2, 0.25) is 0 Å². The van der Waals surface area contributed by atoms with Crippen LogP contribution < -0.4 is 4.72 Å². The predicted molar refractivity (Wildman–Crippen MR) is 81.7 cm³/mol. The number of benzene rings is 1. The minimum absolute atomic E-state index is 0.180. The van der Waals surface area contributed by atoms with Crippen LogP contribution in [-0.4, -0.2) is 8.42 Å². The molecular formula is C11H6Br2N2O2S2. The van der Waals surface area contributed by atoms with Gasteiger partial charge in [-0.2, -0.15) is 5.26 Å². The quantitative estimate of drug-likeness (QED) is 0.815. The lowest BCUT2D eigenvalue weighted by Crippen LogP contribution is -2.13. The molecule has 1 heterocycles. The van der Waals surface area contributed by atoms with Crippen molar-refractivity contribution < 1.29 is 8.42 Å². The Kier molecular flexibility index (Phi) is 4.30. The third-order valence-corrected chi connectivity index (χ3v) is 6.70. The molecule has 0 unspecified atom stereocenters. The second-order valence-electron chi connectivity index (χ2n) is 3.46. The van der Waals surface area contributed by atoms with E-state index in [-0.39, 0.29) is 15.5 Å². The maximum Gasteiger partial charge on any atom is 0.272 e. The minimum Gasteiger partial charge on any atom is -0.278 e. The summed E-state index contributed by atoms with van der Waals surface area (Å²) < 4.78 is 28.2. The Hall–Kier alpha value is -0.880. The normalized spacial score (nSPS) is 11.0. The molecule has 0 atom stereocenters. The second kappa shape index (κ2) is 5.63. The van der Waals surface area contributed by atoms with Gasteiger partial charge in [0.15, 0.2) is 4.21 Å². The minimum atomic E-state index is -3.69. The number of nitriles is 1. The molecule has 0 bridgehead atoms. The Bertz CT molecular complexity index is 763. The van der Waals surface area contributed by atoms with Gasteiger partial charge in [0, 0.05) is 8.95 Å². The summed E-state index contributed by atoms with van der Waals surface area (Å²) in [5, 5.41) is 10.7. The summed E-state index contributed by atoms with van der Waals surface area (Å²) >= 11 is 7.52. The van der Waals surface area contributed by atoms with Crippen LogP contribution in [0.3, 0.4) is 0 Å². The first-order chi connectivity index (χ1) is 8.94. The number of hydrogen-bond acceptors (Lipinski definition) is 4. The van der Waals surface area contributed by atoms with Crippen molar-refractivity contribution in [3.63, 3.8) is 0 Å². The number of nitrogens with zero attached hydrogens (tertiary/aromatic N) is 1. The van der Waals surface area contributed by atoms with Crippen molar-refractivity contribution in [2.24, 2.45) is 0 Å². The van der Waals surface area contributed by atoms with Crippen LogP contribution in [0.1, 0.15) is 5.56 Å². The highest BCUT2D eigenvalue weighted by molar-refractivity contribution is 9.10. The van der Waals surface area contributed by atoms with Crippen LogP contribution in [0.2, 0.25) is 0 Å². The molecule has 2 rings (SSSR count). The first-order valence-electron chi connectivity index (χ1n) is 4.89. The van der Waals surface area contributed by atoms with Crippen LogP contribution in [0.25, 0.3) is 0 Å². The maximum atomic E-state index is 12.2. The van der Waals surface area contributed by atoms with Gasteiger partial charge in [0.25, 0.3) is 10.0 Å². The number of anilines is 1. The molecule has 1 N–H and O–H groups in total. The van der Waals surface area contributed by atoms with Gasteiger partial charge in [-0.1, -0.05) is 15.9 Å². The molecule has 0 saturated carbocycles. The predicted octanol–water partition coefficient (Wildman–Crippen LogP) is 3.95. The van der Waals surface area contributed by atoms with Crippen molar-refractivity contribution in [1.82, 2.24) is 0 Å². The number of hydrogen-bond donors (Lipinski definition) is 1. The van der Waals surface area contributed by atoms with Gasteiger partial charge in [-0.3, -0.25) is 4.72 Å². The van der Waals surface area contributed by atoms with Crippen molar-refractivity contribution in [2.75, 3.05) is 4.72 Å². The van der Waals surface area contributed by atoms with E-state index in [0.717, 1.165) is 11.3 Å². The summed E-state index contributed by atoms with van der Waals surface area (Å²) in [4.78, 5) is 0. The fourth-order valence-electron chi connectivity index (χ4n) is 1.36. The summed E-state index contributed by atoms with van der Waals surface area (Å²) in [7, 11) is -3.69. The number of sulfonamides is 1. The number of nitrogens with one attached hydrogen (secondary N) is 1. The average Bonchev–Trinajstić information content (AvgIpc) is 2.78. The lowest BCUT2D eigenvalue weighted by Gasteiger charge is -2.08. The topological polar surface area (TPSA) is 70.0 Å². The summed E-state index contributed by atoms with van der Waals surface area (Å²) in [6.45, 7) is 0. The van der Waals surface area contributed by atoms with Crippen LogP contribution in [-0.2, 0) is 10.0 Å². The monoisotopic (exact) mass is 420 g/mol. The van der Waals surface area contributed by atoms with Gasteiger partial charge in [-0.25, -0.2) is 8.42 Å². The molecule has 0 spiro atoms. The maximum absolute atomic E-state index is 12.2. The van der Waals surface area contributed by atoms with Crippen LogP contribution >= 0.6 is 43.2 Å². The number of rotatable bonds is 3. The van der Waals surface area contributed by atoms with Crippen LogP contribution in [0, 0.1) is 11.3 Å². The Morgan fingerprint density at radius 3 is 2.58 bits per heavy atom. The van der Waals surface area contributed by atoms with E-state index in [1.165, 1.54) is 0 Å². The van der Waals surface area contributed by atoms with E-state index in [4.69, 9.17) is 5.26 Å². The van der Waals surface area contributed by atoms with Gasteiger partial charge in [0.05, 0.1) is 11.3 Å². The third kappa shape index (κ3) is 3.17. The third-order valence-electron chi connectivity index (χ3n) is 2.17. The fourth-order valence-corrected chi connectivity index (χ4v) is 5.14. The van der Waals surface area contributed by atoms with Gasteiger partial charge in [0.1, 0.15) is 6.07 Å². The Balaban J connectivity index is 2.42. The zero-order valence-electron chi connectivity index (χ0n) is 9.22. The average molecular weight is 422 g/mol. The van der Waals surface area contributed by atoms with Gasteiger partial charge in [-0.05, 0) is 45.6 Å². The van der Waals surface area contributed by atoms with E-state index in [0.29, 0.717) is 8.95 Å². The highest BCUT2D eigenvalue weighted by Gasteiger charge is 2.20. The Labute approximate surface area is 131 Å². The lowest BCUT2D eigenvalue weighted by atomic mass is 10.2. The van der Waals surface area contributed by atoms with E-state index < -0.39 is 10.0 Å². The molecule has 0 aliphatic carbocycles.